The van der Waals surface area contributed by atoms with Crippen LogP contribution in [0.5, 0.6) is 0 Å². The van der Waals surface area contributed by atoms with Crippen LogP contribution in [0.15, 0.2) is 8.96 Å². The molecule has 0 saturated heterocycles. The van der Waals surface area contributed by atoms with Crippen molar-refractivity contribution >= 4 is 43.7 Å². The maximum absolute atomic E-state index is 11.7. The highest BCUT2D eigenvalue weighted by molar-refractivity contribution is 9.14. The second kappa shape index (κ2) is 13.0. The van der Waals surface area contributed by atoms with E-state index in [1.54, 1.807) is 0 Å². The van der Waals surface area contributed by atoms with Crippen LogP contribution in [0.4, 0.5) is 0 Å². The van der Waals surface area contributed by atoms with Gasteiger partial charge in [0.1, 0.15) is 8.96 Å². The van der Waals surface area contributed by atoms with E-state index in [-0.39, 0.29) is 33.9 Å². The summed E-state index contributed by atoms with van der Waals surface area (Å²) in [6.45, 7) is 6.30. The van der Waals surface area contributed by atoms with Crippen LogP contribution in [0.2, 0.25) is 0 Å². The lowest BCUT2D eigenvalue weighted by molar-refractivity contribution is -0.137. The van der Waals surface area contributed by atoms with Crippen LogP contribution in [0.25, 0.3) is 0 Å². The topological polar surface area (TPSA) is 74.3 Å². The molecule has 7 nitrogen and oxygen atoms in total. The first kappa shape index (κ1) is 21.7. The molecule has 0 radical (unpaired) electrons. The summed E-state index contributed by atoms with van der Waals surface area (Å²) in [6.07, 6.45) is 1.01. The van der Waals surface area contributed by atoms with E-state index in [0.717, 1.165) is 17.9 Å². The predicted octanol–water partition coefficient (Wildman–Crippen LogP) is 1.83. The van der Waals surface area contributed by atoms with Gasteiger partial charge in [-0.05, 0) is 38.3 Å². The number of amides is 2. The second-order valence-electron chi connectivity index (χ2n) is 4.84. The third-order valence-corrected chi connectivity index (χ3v) is 4.99. The van der Waals surface area contributed by atoms with Gasteiger partial charge < -0.3 is 18.9 Å². The van der Waals surface area contributed by atoms with E-state index in [9.17, 15) is 9.59 Å². The number of carbonyl (C=O) groups excluding carboxylic acids is 2. The monoisotopic (exact) mass is 471 g/mol. The van der Waals surface area contributed by atoms with E-state index in [1.807, 2.05) is 0 Å². The van der Waals surface area contributed by atoms with Crippen molar-refractivity contribution in [3.8, 4) is 0 Å². The van der Waals surface area contributed by atoms with Crippen molar-refractivity contribution in [3.05, 3.63) is 8.96 Å². The molecule has 0 bridgehead atoms. The Hall–Kier alpha value is -0.320. The van der Waals surface area contributed by atoms with Gasteiger partial charge in [0.15, 0.2) is 0 Å². The molecule has 138 valence electrons. The standard InChI is InChI=1S/C15H23Br2NO6/c1-2-4-21-6-8-23-10-11-24-9-7-22-5-3-18-14(19)12(16)13(17)15(18)20/h2-11H2,1H3. The van der Waals surface area contributed by atoms with Crippen molar-refractivity contribution in [2.24, 2.45) is 0 Å². The predicted molar refractivity (Wildman–Crippen MR) is 95.2 cm³/mol. The lowest BCUT2D eigenvalue weighted by Gasteiger charge is -2.14. The molecule has 2 amide bonds. The van der Waals surface area contributed by atoms with E-state index in [2.05, 4.69) is 38.8 Å². The quantitative estimate of drug-likeness (QED) is 0.283. The number of carbonyl (C=O) groups is 2. The van der Waals surface area contributed by atoms with E-state index >= 15 is 0 Å². The first-order valence-corrected chi connectivity index (χ1v) is 9.40. The molecule has 0 unspecified atom stereocenters. The largest absolute Gasteiger partial charge is 0.379 e. The summed E-state index contributed by atoms with van der Waals surface area (Å²) in [4.78, 5) is 24.6. The Balaban J connectivity index is 1.90. The Morgan fingerprint density at radius 2 is 1.08 bits per heavy atom. The van der Waals surface area contributed by atoms with Crippen LogP contribution in [0.1, 0.15) is 13.3 Å². The highest BCUT2D eigenvalue weighted by atomic mass is 79.9. The maximum Gasteiger partial charge on any atom is 0.269 e. The van der Waals surface area contributed by atoms with Crippen molar-refractivity contribution in [2.45, 2.75) is 13.3 Å². The molecule has 9 heteroatoms. The van der Waals surface area contributed by atoms with Crippen LogP contribution >= 0.6 is 31.9 Å². The van der Waals surface area contributed by atoms with Crippen LogP contribution < -0.4 is 0 Å². The minimum atomic E-state index is -0.355. The Morgan fingerprint density at radius 1 is 0.708 bits per heavy atom. The Morgan fingerprint density at radius 3 is 1.50 bits per heavy atom. The molecule has 1 aliphatic heterocycles. The summed E-state index contributed by atoms with van der Waals surface area (Å²) in [7, 11) is 0. The molecule has 0 N–H and O–H groups in total. The van der Waals surface area contributed by atoms with Gasteiger partial charge in [-0.15, -0.1) is 0 Å². The molecule has 1 heterocycles. The molecule has 0 spiro atoms. The molecular weight excluding hydrogens is 450 g/mol. The number of halogens is 2. The summed E-state index contributed by atoms with van der Waals surface area (Å²) < 4.78 is 21.8. The lowest BCUT2D eigenvalue weighted by Crippen LogP contribution is -2.34. The number of imide groups is 1. The van der Waals surface area contributed by atoms with Crippen LogP contribution in [0.3, 0.4) is 0 Å². The molecule has 1 rings (SSSR count). The molecule has 0 aliphatic carbocycles. The SMILES string of the molecule is CCCOCCOCCOCCOCCN1C(=O)C(Br)=C(Br)C1=O. The molecule has 0 aromatic carbocycles. The van der Waals surface area contributed by atoms with Crippen LogP contribution in [-0.2, 0) is 28.5 Å². The van der Waals surface area contributed by atoms with E-state index < -0.39 is 0 Å². The lowest BCUT2D eigenvalue weighted by atomic mass is 10.5. The van der Waals surface area contributed by atoms with Crippen LogP contribution in [0, 0.1) is 0 Å². The number of nitrogens with zero attached hydrogens (tertiary/aromatic N) is 1. The summed E-state index contributed by atoms with van der Waals surface area (Å²) in [5.74, 6) is -0.710. The average Bonchev–Trinajstić information content (AvgIpc) is 2.76. The third-order valence-electron chi connectivity index (χ3n) is 2.98. The van der Waals surface area contributed by atoms with Gasteiger partial charge in [-0.1, -0.05) is 6.92 Å². The molecule has 0 atom stereocenters. The van der Waals surface area contributed by atoms with Crippen molar-refractivity contribution in [1.29, 1.82) is 0 Å². The Kier molecular flexibility index (Phi) is 11.7. The number of hydrogen-bond donors (Lipinski definition) is 0. The van der Waals surface area contributed by atoms with Crippen molar-refractivity contribution in [1.82, 2.24) is 4.90 Å². The highest BCUT2D eigenvalue weighted by Crippen LogP contribution is 2.28. The molecule has 0 aromatic heterocycles. The molecular formula is C15H23Br2NO6. The smallest absolute Gasteiger partial charge is 0.269 e. The summed E-state index contributed by atoms with van der Waals surface area (Å²) in [5, 5.41) is 0. The van der Waals surface area contributed by atoms with E-state index in [0.29, 0.717) is 39.6 Å². The van der Waals surface area contributed by atoms with Crippen molar-refractivity contribution < 1.29 is 28.5 Å². The second-order valence-corrected chi connectivity index (χ2v) is 6.43. The first-order chi connectivity index (χ1) is 11.6. The third kappa shape index (κ3) is 7.71. The maximum atomic E-state index is 11.7. The minimum absolute atomic E-state index is 0.211. The van der Waals surface area contributed by atoms with E-state index in [4.69, 9.17) is 18.9 Å². The Bertz CT molecular complexity index is 420. The van der Waals surface area contributed by atoms with Crippen molar-refractivity contribution in [2.75, 3.05) is 59.4 Å². The fourth-order valence-electron chi connectivity index (χ4n) is 1.78. The van der Waals surface area contributed by atoms with Gasteiger partial charge in [0.25, 0.3) is 11.8 Å². The number of hydrogen-bond acceptors (Lipinski definition) is 6. The average molecular weight is 473 g/mol. The summed E-state index contributed by atoms with van der Waals surface area (Å²) >= 11 is 6.14. The number of rotatable bonds is 14. The molecule has 1 aliphatic rings. The van der Waals surface area contributed by atoms with Gasteiger partial charge in [0.2, 0.25) is 0 Å². The summed E-state index contributed by atoms with van der Waals surface area (Å²) in [5.41, 5.74) is 0. The summed E-state index contributed by atoms with van der Waals surface area (Å²) in [6, 6.07) is 0. The zero-order valence-electron chi connectivity index (χ0n) is 13.7. The van der Waals surface area contributed by atoms with Gasteiger partial charge in [0.05, 0.1) is 52.8 Å². The Labute approximate surface area is 158 Å². The van der Waals surface area contributed by atoms with Gasteiger partial charge in [-0.25, -0.2) is 0 Å². The van der Waals surface area contributed by atoms with Crippen LogP contribution in [-0.4, -0.2) is 76.1 Å². The zero-order chi connectivity index (χ0) is 17.8. The molecule has 24 heavy (non-hydrogen) atoms. The normalized spacial score (nSPS) is 15.0. The minimum Gasteiger partial charge on any atom is -0.379 e. The number of ether oxygens (including phenoxy) is 4. The fraction of sp³-hybridized carbons (Fsp3) is 0.733. The highest BCUT2D eigenvalue weighted by Gasteiger charge is 2.35. The van der Waals surface area contributed by atoms with Gasteiger partial charge >= 0.3 is 0 Å². The molecule has 0 fully saturated rings. The van der Waals surface area contributed by atoms with E-state index in [1.165, 1.54) is 0 Å². The first-order valence-electron chi connectivity index (χ1n) is 7.82. The van der Waals surface area contributed by atoms with Gasteiger partial charge in [-0.3, -0.25) is 14.5 Å². The molecule has 0 aromatic rings. The fourth-order valence-corrected chi connectivity index (χ4v) is 2.55. The van der Waals surface area contributed by atoms with Gasteiger partial charge in [-0.2, -0.15) is 0 Å². The van der Waals surface area contributed by atoms with Crippen molar-refractivity contribution in [3.63, 3.8) is 0 Å². The van der Waals surface area contributed by atoms with Gasteiger partial charge in [0, 0.05) is 6.61 Å². The zero-order valence-corrected chi connectivity index (χ0v) is 16.9. The molecule has 0 saturated carbocycles.